The SMILES string of the molecule is CCOC(=O)/C(=C\c1ccc(C)cc1)C(=O)C(F)(F)F. The van der Waals surface area contributed by atoms with Crippen molar-refractivity contribution >= 4 is 17.8 Å². The van der Waals surface area contributed by atoms with Crippen LogP contribution in [-0.2, 0) is 14.3 Å². The number of ether oxygens (including phenoxy) is 1. The second-order valence-corrected chi connectivity index (χ2v) is 4.02. The average Bonchev–Trinajstić information content (AvgIpc) is 2.36. The highest BCUT2D eigenvalue weighted by Crippen LogP contribution is 2.23. The molecule has 0 saturated carbocycles. The van der Waals surface area contributed by atoms with Gasteiger partial charge in [-0.3, -0.25) is 4.79 Å². The lowest BCUT2D eigenvalue weighted by Gasteiger charge is -2.09. The zero-order chi connectivity index (χ0) is 15.3. The van der Waals surface area contributed by atoms with Crippen molar-refractivity contribution in [3.8, 4) is 0 Å². The first kappa shape index (κ1) is 15.9. The van der Waals surface area contributed by atoms with E-state index < -0.39 is 23.5 Å². The van der Waals surface area contributed by atoms with Crippen LogP contribution in [0.5, 0.6) is 0 Å². The van der Waals surface area contributed by atoms with Crippen LogP contribution in [0.15, 0.2) is 29.8 Å². The quantitative estimate of drug-likeness (QED) is 0.370. The number of esters is 1. The van der Waals surface area contributed by atoms with Gasteiger partial charge in [-0.2, -0.15) is 13.2 Å². The molecule has 0 saturated heterocycles. The molecule has 0 spiro atoms. The number of ketones is 1. The van der Waals surface area contributed by atoms with E-state index in [4.69, 9.17) is 0 Å². The van der Waals surface area contributed by atoms with E-state index in [2.05, 4.69) is 4.74 Å². The maximum atomic E-state index is 12.5. The second kappa shape index (κ2) is 6.36. The summed E-state index contributed by atoms with van der Waals surface area (Å²) in [6.07, 6.45) is -4.24. The molecule has 0 bridgehead atoms. The lowest BCUT2D eigenvalue weighted by Crippen LogP contribution is -2.29. The van der Waals surface area contributed by atoms with Gasteiger partial charge in [0.2, 0.25) is 0 Å². The van der Waals surface area contributed by atoms with E-state index in [-0.39, 0.29) is 6.61 Å². The second-order valence-electron chi connectivity index (χ2n) is 4.02. The third kappa shape index (κ3) is 4.22. The molecule has 0 aliphatic heterocycles. The molecule has 108 valence electrons. The summed E-state index contributed by atoms with van der Waals surface area (Å²) in [6.45, 7) is 3.13. The molecule has 0 amide bonds. The Labute approximate surface area is 114 Å². The van der Waals surface area contributed by atoms with Crippen LogP contribution in [0.2, 0.25) is 0 Å². The molecule has 0 radical (unpaired) electrons. The van der Waals surface area contributed by atoms with Crippen LogP contribution in [0, 0.1) is 6.92 Å². The summed E-state index contributed by atoms with van der Waals surface area (Å²) in [4.78, 5) is 22.7. The number of alkyl halides is 3. The minimum absolute atomic E-state index is 0.116. The van der Waals surface area contributed by atoms with Gasteiger partial charge in [-0.25, -0.2) is 4.79 Å². The van der Waals surface area contributed by atoms with E-state index in [1.165, 1.54) is 19.1 Å². The Balaban J connectivity index is 3.20. The van der Waals surface area contributed by atoms with E-state index in [0.717, 1.165) is 11.6 Å². The standard InChI is InChI=1S/C14H13F3O3/c1-3-20-13(19)11(12(18)14(15,16)17)8-10-6-4-9(2)5-7-10/h4-8H,3H2,1-2H3/b11-8-. The van der Waals surface area contributed by atoms with Gasteiger partial charge in [0.1, 0.15) is 5.57 Å². The number of benzene rings is 1. The predicted molar refractivity (Wildman–Crippen MR) is 66.9 cm³/mol. The minimum atomic E-state index is -5.12. The first-order valence-corrected chi connectivity index (χ1v) is 5.82. The molecule has 0 heterocycles. The molecule has 0 unspecified atom stereocenters. The molecule has 1 aromatic rings. The Hall–Kier alpha value is -2.11. The zero-order valence-corrected chi connectivity index (χ0v) is 11.0. The maximum Gasteiger partial charge on any atom is 0.455 e. The van der Waals surface area contributed by atoms with Gasteiger partial charge in [-0.1, -0.05) is 29.8 Å². The van der Waals surface area contributed by atoms with Crippen LogP contribution >= 0.6 is 0 Å². The molecule has 0 aliphatic rings. The Morgan fingerprint density at radius 3 is 2.20 bits per heavy atom. The first-order valence-electron chi connectivity index (χ1n) is 5.82. The largest absolute Gasteiger partial charge is 0.462 e. The summed E-state index contributed by atoms with van der Waals surface area (Å²) < 4.78 is 41.9. The number of hydrogen-bond acceptors (Lipinski definition) is 3. The molecule has 0 fully saturated rings. The Morgan fingerprint density at radius 1 is 1.20 bits per heavy atom. The molecule has 0 aliphatic carbocycles. The van der Waals surface area contributed by atoms with Gasteiger partial charge < -0.3 is 4.74 Å². The van der Waals surface area contributed by atoms with Gasteiger partial charge in [-0.05, 0) is 25.5 Å². The molecule has 1 rings (SSSR count). The summed E-state index contributed by atoms with van der Waals surface area (Å²) in [7, 11) is 0. The number of rotatable bonds is 4. The smallest absolute Gasteiger partial charge is 0.455 e. The molecule has 3 nitrogen and oxygen atoms in total. The van der Waals surface area contributed by atoms with Gasteiger partial charge in [0.15, 0.2) is 0 Å². The highest BCUT2D eigenvalue weighted by atomic mass is 19.4. The van der Waals surface area contributed by atoms with Crippen molar-refractivity contribution in [3.05, 3.63) is 41.0 Å². The Kier molecular flexibility index (Phi) is 5.07. The van der Waals surface area contributed by atoms with Crippen LogP contribution in [0.4, 0.5) is 13.2 Å². The highest BCUT2D eigenvalue weighted by molar-refractivity contribution is 6.22. The molecule has 0 N–H and O–H groups in total. The molecule has 1 aromatic carbocycles. The number of carbonyl (C=O) groups is 2. The fourth-order valence-corrected chi connectivity index (χ4v) is 1.41. The molecule has 6 heteroatoms. The predicted octanol–water partition coefficient (Wildman–Crippen LogP) is 3.07. The number of Topliss-reactive ketones (excluding diaryl/α,β-unsaturated/α-hetero) is 1. The number of halogens is 3. The van der Waals surface area contributed by atoms with E-state index in [9.17, 15) is 22.8 Å². The molecular weight excluding hydrogens is 273 g/mol. The summed E-state index contributed by atoms with van der Waals surface area (Å²) >= 11 is 0. The van der Waals surface area contributed by atoms with Crippen LogP contribution in [0.25, 0.3) is 6.08 Å². The van der Waals surface area contributed by atoms with E-state index >= 15 is 0 Å². The van der Waals surface area contributed by atoms with Crippen molar-refractivity contribution in [2.45, 2.75) is 20.0 Å². The Bertz CT molecular complexity index is 528. The van der Waals surface area contributed by atoms with Crippen LogP contribution in [0.3, 0.4) is 0 Å². The fourth-order valence-electron chi connectivity index (χ4n) is 1.41. The van der Waals surface area contributed by atoms with E-state index in [1.807, 2.05) is 0 Å². The molecular formula is C14H13F3O3. The zero-order valence-electron chi connectivity index (χ0n) is 11.0. The minimum Gasteiger partial charge on any atom is -0.462 e. The van der Waals surface area contributed by atoms with Crippen molar-refractivity contribution in [1.29, 1.82) is 0 Å². The molecule has 0 atom stereocenters. The monoisotopic (exact) mass is 286 g/mol. The van der Waals surface area contributed by atoms with Crippen LogP contribution in [0.1, 0.15) is 18.1 Å². The number of hydrogen-bond donors (Lipinski definition) is 0. The summed E-state index contributed by atoms with van der Waals surface area (Å²) in [5.41, 5.74) is 0.196. The van der Waals surface area contributed by atoms with Crippen molar-refractivity contribution in [1.82, 2.24) is 0 Å². The number of carbonyl (C=O) groups excluding carboxylic acids is 2. The third-order valence-electron chi connectivity index (χ3n) is 2.39. The maximum absolute atomic E-state index is 12.5. The normalized spacial score (nSPS) is 12.2. The highest BCUT2D eigenvalue weighted by Gasteiger charge is 2.43. The van der Waals surface area contributed by atoms with E-state index in [1.54, 1.807) is 19.1 Å². The van der Waals surface area contributed by atoms with Crippen molar-refractivity contribution in [2.75, 3.05) is 6.61 Å². The van der Waals surface area contributed by atoms with Gasteiger partial charge in [-0.15, -0.1) is 0 Å². The fraction of sp³-hybridized carbons (Fsp3) is 0.286. The van der Waals surface area contributed by atoms with Crippen molar-refractivity contribution < 1.29 is 27.5 Å². The average molecular weight is 286 g/mol. The first-order chi connectivity index (χ1) is 9.25. The van der Waals surface area contributed by atoms with Crippen molar-refractivity contribution in [2.24, 2.45) is 0 Å². The Morgan fingerprint density at radius 2 is 1.75 bits per heavy atom. The van der Waals surface area contributed by atoms with Gasteiger partial charge in [0.25, 0.3) is 5.78 Å². The number of aryl methyl sites for hydroxylation is 1. The topological polar surface area (TPSA) is 43.4 Å². The molecule has 20 heavy (non-hydrogen) atoms. The summed E-state index contributed by atoms with van der Waals surface area (Å²) in [5.74, 6) is -3.49. The van der Waals surface area contributed by atoms with Crippen molar-refractivity contribution in [3.63, 3.8) is 0 Å². The van der Waals surface area contributed by atoms with E-state index in [0.29, 0.717) is 5.56 Å². The lowest BCUT2D eigenvalue weighted by molar-refractivity contribution is -0.168. The third-order valence-corrected chi connectivity index (χ3v) is 2.39. The molecule has 0 aromatic heterocycles. The summed E-state index contributed by atoms with van der Waals surface area (Å²) in [6, 6.07) is 6.34. The van der Waals surface area contributed by atoms with Crippen LogP contribution in [-0.4, -0.2) is 24.5 Å². The van der Waals surface area contributed by atoms with Crippen LogP contribution < -0.4 is 0 Å². The summed E-state index contributed by atoms with van der Waals surface area (Å²) in [5, 5.41) is 0. The van der Waals surface area contributed by atoms with Gasteiger partial charge in [0.05, 0.1) is 6.61 Å². The van der Waals surface area contributed by atoms with Gasteiger partial charge >= 0.3 is 12.1 Å². The lowest BCUT2D eigenvalue weighted by atomic mass is 10.1. The van der Waals surface area contributed by atoms with Gasteiger partial charge in [0, 0.05) is 0 Å².